The van der Waals surface area contributed by atoms with E-state index in [-0.39, 0.29) is 6.61 Å². The normalized spacial score (nSPS) is 10.4. The van der Waals surface area contributed by atoms with E-state index in [0.717, 1.165) is 5.39 Å². The predicted octanol–water partition coefficient (Wildman–Crippen LogP) is 2.18. The highest BCUT2D eigenvalue weighted by Crippen LogP contribution is 2.22. The van der Waals surface area contributed by atoms with Crippen molar-refractivity contribution in [2.45, 2.75) is 6.92 Å². The number of pyridine rings is 1. The van der Waals surface area contributed by atoms with E-state index < -0.39 is 5.97 Å². The summed E-state index contributed by atoms with van der Waals surface area (Å²) in [5.74, 6) is 0.0535. The van der Waals surface area contributed by atoms with Crippen molar-refractivity contribution in [2.75, 3.05) is 13.2 Å². The van der Waals surface area contributed by atoms with Gasteiger partial charge in [-0.25, -0.2) is 4.79 Å². The van der Waals surface area contributed by atoms with Gasteiger partial charge in [-0.15, -0.1) is 0 Å². The molecule has 0 aliphatic heterocycles. The molecule has 1 aromatic carbocycles. The number of ether oxygens (including phenoxy) is 2. The van der Waals surface area contributed by atoms with Crippen molar-refractivity contribution in [1.82, 2.24) is 4.98 Å². The molecular formula is C13H13NO3. The van der Waals surface area contributed by atoms with Gasteiger partial charge in [0, 0.05) is 18.2 Å². The molecule has 0 radical (unpaired) electrons. The molecule has 0 unspecified atom stereocenters. The molecule has 0 fully saturated rings. The number of carbonyl (C=O) groups is 1. The number of rotatable bonds is 4. The van der Waals surface area contributed by atoms with E-state index in [0.29, 0.717) is 17.9 Å². The second-order valence-electron chi connectivity index (χ2n) is 3.44. The van der Waals surface area contributed by atoms with Crippen molar-refractivity contribution < 1.29 is 14.3 Å². The summed E-state index contributed by atoms with van der Waals surface area (Å²) in [6, 6.07) is 9.23. The van der Waals surface area contributed by atoms with Gasteiger partial charge in [0.1, 0.15) is 12.1 Å². The van der Waals surface area contributed by atoms with Crippen molar-refractivity contribution in [3.8, 4) is 5.75 Å². The van der Waals surface area contributed by atoms with Gasteiger partial charge in [0.2, 0.25) is 0 Å². The third-order valence-corrected chi connectivity index (χ3v) is 2.24. The molecule has 17 heavy (non-hydrogen) atoms. The van der Waals surface area contributed by atoms with Crippen LogP contribution in [0.4, 0.5) is 0 Å². The summed E-state index contributed by atoms with van der Waals surface area (Å²) in [5, 5.41) is 0.939. The maximum atomic E-state index is 11.4. The van der Waals surface area contributed by atoms with E-state index in [1.54, 1.807) is 12.3 Å². The molecule has 2 rings (SSSR count). The van der Waals surface area contributed by atoms with Gasteiger partial charge in [-0.05, 0) is 19.1 Å². The van der Waals surface area contributed by atoms with Crippen molar-refractivity contribution in [1.29, 1.82) is 0 Å². The molecule has 0 bridgehead atoms. The lowest BCUT2D eigenvalue weighted by atomic mass is 10.2. The Hall–Kier alpha value is -1.94. The fourth-order valence-corrected chi connectivity index (χ4v) is 1.50. The van der Waals surface area contributed by atoms with E-state index in [4.69, 9.17) is 9.47 Å². The molecule has 0 spiro atoms. The topological polar surface area (TPSA) is 48.4 Å². The minimum absolute atomic E-state index is 0.0419. The zero-order valence-electron chi connectivity index (χ0n) is 9.55. The van der Waals surface area contributed by atoms with Gasteiger partial charge < -0.3 is 9.47 Å². The maximum Gasteiger partial charge on any atom is 0.337 e. The second kappa shape index (κ2) is 5.41. The van der Waals surface area contributed by atoms with Crippen LogP contribution in [0.15, 0.2) is 36.5 Å². The first kappa shape index (κ1) is 11.5. The zero-order valence-corrected chi connectivity index (χ0v) is 9.55. The Morgan fingerprint density at radius 1 is 1.29 bits per heavy atom. The van der Waals surface area contributed by atoms with Crippen LogP contribution in [0.2, 0.25) is 0 Å². The van der Waals surface area contributed by atoms with E-state index >= 15 is 0 Å². The van der Waals surface area contributed by atoms with Crippen molar-refractivity contribution in [2.24, 2.45) is 0 Å². The lowest BCUT2D eigenvalue weighted by Gasteiger charge is -2.06. The monoisotopic (exact) mass is 231 g/mol. The van der Waals surface area contributed by atoms with Crippen LogP contribution in [0, 0.1) is 0 Å². The summed E-state index contributed by atoms with van der Waals surface area (Å²) in [6.07, 6.45) is 1.67. The van der Waals surface area contributed by atoms with Crippen LogP contribution in [0.3, 0.4) is 0 Å². The highest BCUT2D eigenvalue weighted by molar-refractivity contribution is 5.87. The Kier molecular flexibility index (Phi) is 3.67. The lowest BCUT2D eigenvalue weighted by Crippen LogP contribution is -2.15. The Balaban J connectivity index is 2.21. The summed E-state index contributed by atoms with van der Waals surface area (Å²) >= 11 is 0. The number of nitrogens with zero attached hydrogens (tertiary/aromatic N) is 1. The molecule has 2 aromatic rings. The average molecular weight is 231 g/mol. The minimum Gasteiger partial charge on any atom is -0.422 e. The first-order valence-electron chi connectivity index (χ1n) is 5.43. The fourth-order valence-electron chi connectivity index (χ4n) is 1.50. The van der Waals surface area contributed by atoms with Crippen molar-refractivity contribution >= 4 is 16.9 Å². The Labute approximate surface area is 99.2 Å². The third kappa shape index (κ3) is 2.79. The van der Waals surface area contributed by atoms with Crippen molar-refractivity contribution in [3.63, 3.8) is 0 Å². The number of esters is 1. The van der Waals surface area contributed by atoms with E-state index in [1.165, 1.54) is 0 Å². The van der Waals surface area contributed by atoms with Crippen LogP contribution >= 0.6 is 0 Å². The van der Waals surface area contributed by atoms with Gasteiger partial charge in [-0.1, -0.05) is 18.2 Å². The van der Waals surface area contributed by atoms with E-state index in [9.17, 15) is 4.79 Å². The van der Waals surface area contributed by atoms with Crippen LogP contribution in [0.25, 0.3) is 10.9 Å². The summed E-state index contributed by atoms with van der Waals surface area (Å²) < 4.78 is 10.2. The Bertz CT molecular complexity index is 520. The summed E-state index contributed by atoms with van der Waals surface area (Å²) in [5.41, 5.74) is 0.680. The van der Waals surface area contributed by atoms with E-state index in [2.05, 4.69) is 4.98 Å². The number of para-hydroxylation sites is 1. The third-order valence-electron chi connectivity index (χ3n) is 2.24. The highest BCUT2D eigenvalue weighted by atomic mass is 16.6. The molecule has 88 valence electrons. The van der Waals surface area contributed by atoms with Crippen LogP contribution in [0.5, 0.6) is 5.75 Å². The fraction of sp³-hybridized carbons (Fsp3) is 0.231. The minimum atomic E-state index is -0.412. The van der Waals surface area contributed by atoms with Gasteiger partial charge in [-0.2, -0.15) is 0 Å². The molecule has 4 nitrogen and oxygen atoms in total. The van der Waals surface area contributed by atoms with Crippen LogP contribution in [-0.4, -0.2) is 24.2 Å². The molecule has 0 saturated carbocycles. The highest BCUT2D eigenvalue weighted by Gasteiger charge is 2.08. The summed E-state index contributed by atoms with van der Waals surface area (Å²) in [7, 11) is 0. The number of aromatic nitrogens is 1. The molecule has 0 N–H and O–H groups in total. The molecular weight excluding hydrogens is 218 g/mol. The van der Waals surface area contributed by atoms with Gasteiger partial charge in [-0.3, -0.25) is 4.98 Å². The zero-order chi connectivity index (χ0) is 12.1. The molecule has 0 saturated heterocycles. The van der Waals surface area contributed by atoms with Crippen LogP contribution < -0.4 is 4.74 Å². The SMILES string of the molecule is CCOCC(=O)Oc1cccc2cccnc12. The Morgan fingerprint density at radius 2 is 2.12 bits per heavy atom. The molecule has 4 heteroatoms. The number of benzene rings is 1. The van der Waals surface area contributed by atoms with Gasteiger partial charge >= 0.3 is 5.97 Å². The van der Waals surface area contributed by atoms with E-state index in [1.807, 2.05) is 31.2 Å². The molecule has 0 atom stereocenters. The number of hydrogen-bond acceptors (Lipinski definition) is 4. The molecule has 0 aliphatic rings. The molecule has 1 aromatic heterocycles. The predicted molar refractivity (Wildman–Crippen MR) is 63.9 cm³/mol. The first-order chi connectivity index (χ1) is 8.31. The standard InChI is InChI=1S/C13H13NO3/c1-2-16-9-12(15)17-11-7-3-5-10-6-4-8-14-13(10)11/h3-8H,2,9H2,1H3. The van der Waals surface area contributed by atoms with Gasteiger partial charge in [0.05, 0.1) is 0 Å². The van der Waals surface area contributed by atoms with Gasteiger partial charge in [0.15, 0.2) is 5.75 Å². The molecule has 0 aliphatic carbocycles. The van der Waals surface area contributed by atoms with Gasteiger partial charge in [0.25, 0.3) is 0 Å². The maximum absolute atomic E-state index is 11.4. The summed E-state index contributed by atoms with van der Waals surface area (Å²) in [6.45, 7) is 2.27. The number of hydrogen-bond donors (Lipinski definition) is 0. The second-order valence-corrected chi connectivity index (χ2v) is 3.44. The summed E-state index contributed by atoms with van der Waals surface area (Å²) in [4.78, 5) is 15.6. The van der Waals surface area contributed by atoms with Crippen molar-refractivity contribution in [3.05, 3.63) is 36.5 Å². The molecule has 1 heterocycles. The Morgan fingerprint density at radius 3 is 2.94 bits per heavy atom. The lowest BCUT2D eigenvalue weighted by molar-refractivity contribution is -0.139. The quantitative estimate of drug-likeness (QED) is 0.597. The van der Waals surface area contributed by atoms with Crippen LogP contribution in [-0.2, 0) is 9.53 Å². The van der Waals surface area contributed by atoms with Crippen LogP contribution in [0.1, 0.15) is 6.92 Å². The first-order valence-corrected chi connectivity index (χ1v) is 5.43. The average Bonchev–Trinajstić information content (AvgIpc) is 2.37. The smallest absolute Gasteiger partial charge is 0.337 e. The largest absolute Gasteiger partial charge is 0.422 e. The molecule has 0 amide bonds. The number of fused-ring (bicyclic) bond motifs is 1. The number of carbonyl (C=O) groups excluding carboxylic acids is 1.